The van der Waals surface area contributed by atoms with Gasteiger partial charge in [-0.1, -0.05) is 29.3 Å². The summed E-state index contributed by atoms with van der Waals surface area (Å²) in [6.45, 7) is 10.1. The van der Waals surface area contributed by atoms with E-state index >= 15 is 0 Å². The molecule has 1 saturated heterocycles. The van der Waals surface area contributed by atoms with E-state index in [1.165, 1.54) is 12.1 Å². The van der Waals surface area contributed by atoms with Crippen molar-refractivity contribution in [1.29, 1.82) is 0 Å². The van der Waals surface area contributed by atoms with E-state index in [9.17, 15) is 14.4 Å². The van der Waals surface area contributed by atoms with E-state index in [2.05, 4.69) is 30.7 Å². The van der Waals surface area contributed by atoms with E-state index in [4.69, 9.17) is 23.2 Å². The molecule has 0 atom stereocenters. The molecule has 1 aliphatic rings. The summed E-state index contributed by atoms with van der Waals surface area (Å²) in [6.07, 6.45) is 1.50. The van der Waals surface area contributed by atoms with Crippen molar-refractivity contribution < 1.29 is 14.4 Å². The Balaban J connectivity index is 2.11. The van der Waals surface area contributed by atoms with Gasteiger partial charge in [0.05, 0.1) is 15.7 Å². The number of barbiturate groups is 1. The average Bonchev–Trinajstić information content (AvgIpc) is 2.88. The van der Waals surface area contributed by atoms with Crippen LogP contribution in [0.15, 0.2) is 29.8 Å². The second-order valence-electron chi connectivity index (χ2n) is 7.86. The van der Waals surface area contributed by atoms with E-state index in [0.29, 0.717) is 0 Å². The number of rotatable bonds is 2. The molecule has 1 aliphatic heterocycles. The summed E-state index contributed by atoms with van der Waals surface area (Å²) in [5.74, 6) is -1.52. The van der Waals surface area contributed by atoms with Crippen molar-refractivity contribution in [2.45, 2.75) is 40.2 Å². The van der Waals surface area contributed by atoms with Gasteiger partial charge >= 0.3 is 6.03 Å². The van der Waals surface area contributed by atoms with Gasteiger partial charge in [0.1, 0.15) is 5.57 Å². The number of hydrogen-bond acceptors (Lipinski definition) is 3. The first-order valence-electron chi connectivity index (χ1n) is 8.98. The number of carbonyl (C=O) groups is 3. The second kappa shape index (κ2) is 7.35. The molecule has 6 nitrogen and oxygen atoms in total. The minimum atomic E-state index is -0.874. The van der Waals surface area contributed by atoms with Crippen LogP contribution in [-0.2, 0) is 15.1 Å². The van der Waals surface area contributed by atoms with Crippen molar-refractivity contribution in [1.82, 2.24) is 9.88 Å². The van der Waals surface area contributed by atoms with Crippen molar-refractivity contribution >= 4 is 52.8 Å². The van der Waals surface area contributed by atoms with E-state index < -0.39 is 17.8 Å². The van der Waals surface area contributed by atoms with Gasteiger partial charge in [0, 0.05) is 16.9 Å². The Morgan fingerprint density at radius 1 is 1.07 bits per heavy atom. The molecular weight excluding hydrogens is 413 g/mol. The molecule has 1 aromatic carbocycles. The molecule has 3 rings (SSSR count). The molecule has 8 heteroatoms. The van der Waals surface area contributed by atoms with Crippen LogP contribution in [0.4, 0.5) is 10.5 Å². The maximum absolute atomic E-state index is 13.1. The van der Waals surface area contributed by atoms with Crippen molar-refractivity contribution in [3.05, 3.63) is 56.8 Å². The van der Waals surface area contributed by atoms with Gasteiger partial charge in [0.25, 0.3) is 11.8 Å². The van der Waals surface area contributed by atoms with Gasteiger partial charge in [0.2, 0.25) is 0 Å². The summed E-state index contributed by atoms with van der Waals surface area (Å²) in [7, 11) is 0. The van der Waals surface area contributed by atoms with Crippen LogP contribution < -0.4 is 10.2 Å². The number of benzene rings is 1. The quantitative estimate of drug-likeness (QED) is 0.544. The van der Waals surface area contributed by atoms with Crippen molar-refractivity contribution in [2.75, 3.05) is 4.90 Å². The molecule has 0 aliphatic carbocycles. The number of imide groups is 2. The molecule has 2 aromatic rings. The van der Waals surface area contributed by atoms with E-state index in [1.54, 1.807) is 12.1 Å². The molecule has 0 spiro atoms. The molecule has 152 valence electrons. The highest BCUT2D eigenvalue weighted by molar-refractivity contribution is 6.46. The Bertz CT molecular complexity index is 1080. The summed E-state index contributed by atoms with van der Waals surface area (Å²) < 4.78 is 2.13. The fraction of sp³-hybridized carbons (Fsp3) is 0.286. The zero-order valence-electron chi connectivity index (χ0n) is 16.8. The largest absolute Gasteiger partial charge is 0.343 e. The lowest BCUT2D eigenvalue weighted by Crippen LogP contribution is -2.54. The lowest BCUT2D eigenvalue weighted by Gasteiger charge is -2.27. The predicted octanol–water partition coefficient (Wildman–Crippen LogP) is 4.83. The number of carbonyl (C=O) groups excluding carboxylic acids is 3. The van der Waals surface area contributed by atoms with Crippen LogP contribution >= 0.6 is 23.2 Å². The molecule has 29 heavy (non-hydrogen) atoms. The summed E-state index contributed by atoms with van der Waals surface area (Å²) in [5, 5.41) is 2.45. The average molecular weight is 434 g/mol. The molecule has 0 radical (unpaired) electrons. The third-order valence-corrected chi connectivity index (χ3v) is 5.52. The van der Waals surface area contributed by atoms with Gasteiger partial charge in [-0.3, -0.25) is 14.9 Å². The van der Waals surface area contributed by atoms with Gasteiger partial charge in [0.15, 0.2) is 0 Å². The van der Waals surface area contributed by atoms with Gasteiger partial charge in [-0.2, -0.15) is 0 Å². The third kappa shape index (κ3) is 3.70. The summed E-state index contributed by atoms with van der Waals surface area (Å²) >= 11 is 12.2. The molecule has 1 aromatic heterocycles. The molecule has 4 amide bonds. The number of nitrogens with zero attached hydrogens (tertiary/aromatic N) is 2. The topological polar surface area (TPSA) is 71.4 Å². The first kappa shape index (κ1) is 21.1. The fourth-order valence-corrected chi connectivity index (χ4v) is 4.04. The molecule has 0 saturated carbocycles. The predicted molar refractivity (Wildman–Crippen MR) is 114 cm³/mol. The normalized spacial score (nSPS) is 16.6. The fourth-order valence-electron chi connectivity index (χ4n) is 3.66. The van der Waals surface area contributed by atoms with Crippen LogP contribution in [-0.4, -0.2) is 22.4 Å². The Labute approximate surface area is 179 Å². The number of halogens is 2. The van der Waals surface area contributed by atoms with Crippen LogP contribution in [0.5, 0.6) is 0 Å². The zero-order valence-corrected chi connectivity index (χ0v) is 18.3. The summed E-state index contributed by atoms with van der Waals surface area (Å²) in [6, 6.07) is 5.64. The molecule has 2 heterocycles. The number of hydrogen-bond donors (Lipinski definition) is 1. The lowest BCUT2D eigenvalue weighted by atomic mass is 10.1. The lowest BCUT2D eigenvalue weighted by molar-refractivity contribution is -0.122. The first-order chi connectivity index (χ1) is 13.4. The summed E-state index contributed by atoms with van der Waals surface area (Å²) in [4.78, 5) is 38.7. The number of urea groups is 1. The molecular formula is C21H21Cl2N3O3. The maximum Gasteiger partial charge on any atom is 0.336 e. The van der Waals surface area contributed by atoms with Crippen molar-refractivity contribution in [3.8, 4) is 0 Å². The minimum absolute atomic E-state index is 0.0530. The number of aryl methyl sites for hydroxylation is 1. The number of aromatic nitrogens is 1. The number of amides is 4. The second-order valence-corrected chi connectivity index (χ2v) is 8.65. The maximum atomic E-state index is 13.1. The van der Waals surface area contributed by atoms with Gasteiger partial charge in [-0.25, -0.2) is 9.69 Å². The molecule has 1 fully saturated rings. The third-order valence-electron chi connectivity index (χ3n) is 4.71. The Morgan fingerprint density at radius 3 is 2.31 bits per heavy atom. The van der Waals surface area contributed by atoms with Crippen LogP contribution in [0.1, 0.15) is 37.7 Å². The van der Waals surface area contributed by atoms with E-state index in [0.717, 1.165) is 21.9 Å². The first-order valence-corrected chi connectivity index (χ1v) is 9.74. The van der Waals surface area contributed by atoms with Gasteiger partial charge in [-0.15, -0.1) is 0 Å². The van der Waals surface area contributed by atoms with Gasteiger partial charge < -0.3 is 4.57 Å². The van der Waals surface area contributed by atoms with Crippen molar-refractivity contribution in [2.24, 2.45) is 0 Å². The van der Waals surface area contributed by atoms with Crippen LogP contribution in [0, 0.1) is 13.8 Å². The molecule has 1 N–H and O–H groups in total. The number of anilines is 1. The Hall–Kier alpha value is -2.57. The highest BCUT2D eigenvalue weighted by atomic mass is 35.5. The number of nitrogens with one attached hydrogen (secondary N) is 1. The van der Waals surface area contributed by atoms with E-state index in [1.807, 2.05) is 19.9 Å². The molecule has 0 unspecified atom stereocenters. The van der Waals surface area contributed by atoms with Gasteiger partial charge in [-0.05, 0) is 64.5 Å². The zero-order chi connectivity index (χ0) is 21.7. The smallest absolute Gasteiger partial charge is 0.336 e. The van der Waals surface area contributed by atoms with E-state index in [-0.39, 0.29) is 26.8 Å². The minimum Gasteiger partial charge on any atom is -0.343 e. The SMILES string of the molecule is Cc1cc(/C=C2\C(=O)NC(=O)N(c3cccc(Cl)c3Cl)C2=O)c(C)n1C(C)(C)C. The standard InChI is InChI=1S/C21H21Cl2N3O3/c1-11-9-13(12(2)26(11)21(3,4)5)10-14-18(27)24-20(29)25(19(14)28)16-8-6-7-15(22)17(16)23/h6-10H,1-5H3,(H,24,27,29)/b14-10+. The Morgan fingerprint density at radius 2 is 1.72 bits per heavy atom. The van der Waals surface area contributed by atoms with Crippen LogP contribution in [0.25, 0.3) is 6.08 Å². The highest BCUT2D eigenvalue weighted by Crippen LogP contribution is 2.34. The van der Waals surface area contributed by atoms with Crippen molar-refractivity contribution in [3.63, 3.8) is 0 Å². The summed E-state index contributed by atoms with van der Waals surface area (Å²) in [5.41, 5.74) is 2.42. The monoisotopic (exact) mass is 433 g/mol. The van der Waals surface area contributed by atoms with Crippen LogP contribution in [0.2, 0.25) is 10.0 Å². The Kier molecular flexibility index (Phi) is 5.36. The van der Waals surface area contributed by atoms with Crippen LogP contribution in [0.3, 0.4) is 0 Å². The highest BCUT2D eigenvalue weighted by Gasteiger charge is 2.38. The molecule has 0 bridgehead atoms.